The molecule has 0 N–H and O–H groups in total. The second kappa shape index (κ2) is 4.29. The van der Waals surface area contributed by atoms with Gasteiger partial charge in [0.25, 0.3) is 0 Å². The fourth-order valence-electron chi connectivity index (χ4n) is 1.03. The largest absolute Gasteiger partial charge is 0.434 e. The van der Waals surface area contributed by atoms with Crippen molar-refractivity contribution in [2.45, 2.75) is 10.2 Å². The number of furan rings is 2. The van der Waals surface area contributed by atoms with Gasteiger partial charge in [-0.2, -0.15) is 0 Å². The van der Waals surface area contributed by atoms with Crippen molar-refractivity contribution in [3.8, 4) is 0 Å². The van der Waals surface area contributed by atoms with Crippen molar-refractivity contribution < 1.29 is 18.7 Å². The van der Waals surface area contributed by atoms with Gasteiger partial charge in [-0.3, -0.25) is 20.2 Å². The predicted molar refractivity (Wildman–Crippen MR) is 54.8 cm³/mol. The van der Waals surface area contributed by atoms with E-state index in [1.165, 1.54) is 24.3 Å². The Morgan fingerprint density at radius 3 is 1.59 bits per heavy atom. The van der Waals surface area contributed by atoms with E-state index in [1.54, 1.807) is 0 Å². The third-order valence-corrected chi connectivity index (χ3v) is 2.54. The van der Waals surface area contributed by atoms with E-state index >= 15 is 0 Å². The van der Waals surface area contributed by atoms with Crippen molar-refractivity contribution in [2.75, 3.05) is 0 Å². The zero-order valence-corrected chi connectivity index (χ0v) is 8.88. The lowest BCUT2D eigenvalue weighted by atomic mass is 10.6. The summed E-state index contributed by atoms with van der Waals surface area (Å²) in [5, 5.41) is 21.1. The van der Waals surface area contributed by atoms with Crippen LogP contribution in [-0.2, 0) is 0 Å². The van der Waals surface area contributed by atoms with E-state index in [1.807, 2.05) is 0 Å². The van der Waals surface area contributed by atoms with Gasteiger partial charge in [-0.15, -0.1) is 0 Å². The number of nitrogens with zero attached hydrogens (tertiary/aromatic N) is 2. The summed E-state index contributed by atoms with van der Waals surface area (Å²) >= 11 is 0.922. The Morgan fingerprint density at radius 1 is 0.882 bits per heavy atom. The fourth-order valence-corrected chi connectivity index (χ4v) is 1.75. The maximum atomic E-state index is 10.3. The number of hydrogen-bond donors (Lipinski definition) is 0. The Bertz CT molecular complexity index is 524. The molecule has 88 valence electrons. The number of nitro groups is 2. The Hall–Kier alpha value is -2.29. The molecule has 0 saturated carbocycles. The fraction of sp³-hybridized carbons (Fsp3) is 0. The highest BCUT2D eigenvalue weighted by Gasteiger charge is 2.16. The smallest absolute Gasteiger partial charge is 0.394 e. The summed E-state index contributed by atoms with van der Waals surface area (Å²) in [6, 6.07) is 5.16. The SMILES string of the molecule is O=[N+]([O-])c1ccc(Sc2ccc([N+](=O)[O-])o2)o1. The van der Waals surface area contributed by atoms with Crippen LogP contribution in [0.25, 0.3) is 0 Å². The average Bonchev–Trinajstić information content (AvgIpc) is 2.87. The minimum atomic E-state index is -0.672. The first-order valence-electron chi connectivity index (χ1n) is 4.22. The highest BCUT2D eigenvalue weighted by atomic mass is 32.2. The lowest BCUT2D eigenvalue weighted by Crippen LogP contribution is -1.82. The van der Waals surface area contributed by atoms with E-state index in [9.17, 15) is 20.2 Å². The maximum Gasteiger partial charge on any atom is 0.434 e. The average molecular weight is 256 g/mol. The third kappa shape index (κ3) is 2.45. The third-order valence-electron chi connectivity index (χ3n) is 1.70. The predicted octanol–water partition coefficient (Wildman–Crippen LogP) is 2.84. The molecule has 0 aliphatic heterocycles. The minimum Gasteiger partial charge on any atom is -0.394 e. The van der Waals surface area contributed by atoms with Gasteiger partial charge in [-0.25, -0.2) is 0 Å². The van der Waals surface area contributed by atoms with E-state index in [4.69, 9.17) is 8.83 Å². The highest BCUT2D eigenvalue weighted by Crippen LogP contribution is 2.33. The van der Waals surface area contributed by atoms with Crippen LogP contribution < -0.4 is 0 Å². The number of rotatable bonds is 4. The normalized spacial score (nSPS) is 10.4. The van der Waals surface area contributed by atoms with Gasteiger partial charge < -0.3 is 8.83 Å². The zero-order valence-electron chi connectivity index (χ0n) is 8.06. The molecule has 0 saturated heterocycles. The van der Waals surface area contributed by atoms with Gasteiger partial charge in [0, 0.05) is 0 Å². The molecule has 17 heavy (non-hydrogen) atoms. The van der Waals surface area contributed by atoms with Crippen molar-refractivity contribution >= 4 is 23.5 Å². The monoisotopic (exact) mass is 256 g/mol. The molecule has 0 radical (unpaired) electrons. The molecule has 0 bridgehead atoms. The van der Waals surface area contributed by atoms with Crippen LogP contribution in [-0.4, -0.2) is 9.85 Å². The summed E-state index contributed by atoms with van der Waals surface area (Å²) in [4.78, 5) is 19.4. The van der Waals surface area contributed by atoms with E-state index in [2.05, 4.69) is 0 Å². The second-order valence-corrected chi connectivity index (χ2v) is 3.81. The van der Waals surface area contributed by atoms with Gasteiger partial charge in [0.1, 0.15) is 9.85 Å². The van der Waals surface area contributed by atoms with Crippen LogP contribution in [0.3, 0.4) is 0 Å². The first-order valence-corrected chi connectivity index (χ1v) is 5.04. The van der Waals surface area contributed by atoms with Crippen LogP contribution in [0.5, 0.6) is 0 Å². The Balaban J connectivity index is 2.13. The summed E-state index contributed by atoms with van der Waals surface area (Å²) in [5.41, 5.74) is 0. The molecular formula is C8H4N2O6S. The van der Waals surface area contributed by atoms with Crippen molar-refractivity contribution in [3.05, 3.63) is 44.5 Å². The van der Waals surface area contributed by atoms with E-state index in [-0.39, 0.29) is 10.2 Å². The molecule has 0 aliphatic rings. The summed E-state index contributed by atoms with van der Waals surface area (Å²) in [6.07, 6.45) is 0. The number of hydrogen-bond acceptors (Lipinski definition) is 7. The van der Waals surface area contributed by atoms with Crippen LogP contribution in [0, 0.1) is 20.2 Å². The van der Waals surface area contributed by atoms with Gasteiger partial charge >= 0.3 is 11.8 Å². The molecule has 0 aliphatic carbocycles. The van der Waals surface area contributed by atoms with Crippen LogP contribution in [0.4, 0.5) is 11.8 Å². The first-order chi connectivity index (χ1) is 8.06. The summed E-state index contributed by atoms with van der Waals surface area (Å²) in [5.74, 6) is -0.790. The van der Waals surface area contributed by atoms with Crippen LogP contribution in [0.1, 0.15) is 0 Å². The van der Waals surface area contributed by atoms with Gasteiger partial charge in [0.2, 0.25) is 0 Å². The van der Waals surface area contributed by atoms with E-state index in [0.717, 1.165) is 11.8 Å². The summed E-state index contributed by atoms with van der Waals surface area (Å²) in [6.45, 7) is 0. The Labute approximate surface area is 97.5 Å². The molecule has 0 spiro atoms. The molecule has 0 aromatic carbocycles. The molecule has 0 atom stereocenters. The zero-order chi connectivity index (χ0) is 12.4. The molecule has 2 aromatic heterocycles. The van der Waals surface area contributed by atoms with Crippen molar-refractivity contribution in [3.63, 3.8) is 0 Å². The molecule has 2 rings (SSSR count). The van der Waals surface area contributed by atoms with Gasteiger partial charge in [0.05, 0.1) is 12.1 Å². The quantitative estimate of drug-likeness (QED) is 0.610. The van der Waals surface area contributed by atoms with Crippen LogP contribution in [0.2, 0.25) is 0 Å². The van der Waals surface area contributed by atoms with Gasteiger partial charge in [0.15, 0.2) is 10.2 Å². The Morgan fingerprint density at radius 2 is 1.29 bits per heavy atom. The molecule has 8 nitrogen and oxygen atoms in total. The van der Waals surface area contributed by atoms with Crippen molar-refractivity contribution in [2.24, 2.45) is 0 Å². The second-order valence-electron chi connectivity index (χ2n) is 2.80. The molecular weight excluding hydrogens is 252 g/mol. The molecule has 2 heterocycles. The van der Waals surface area contributed by atoms with Crippen LogP contribution >= 0.6 is 11.8 Å². The van der Waals surface area contributed by atoms with Crippen molar-refractivity contribution in [1.82, 2.24) is 0 Å². The molecule has 2 aromatic rings. The summed E-state index contributed by atoms with van der Waals surface area (Å²) in [7, 11) is 0. The van der Waals surface area contributed by atoms with Gasteiger partial charge in [-0.1, -0.05) is 0 Å². The van der Waals surface area contributed by atoms with E-state index in [0.29, 0.717) is 0 Å². The first kappa shape index (κ1) is 11.2. The molecule has 9 heteroatoms. The topological polar surface area (TPSA) is 113 Å². The molecule has 0 fully saturated rings. The highest BCUT2D eigenvalue weighted by molar-refractivity contribution is 7.99. The molecule has 0 amide bonds. The standard InChI is InChI=1S/C8H4N2O6S/c11-9(12)5-1-3-7(15-5)17-8-4-2-6(16-8)10(13)14/h1-4H. The summed E-state index contributed by atoms with van der Waals surface area (Å²) < 4.78 is 9.71. The lowest BCUT2D eigenvalue weighted by Gasteiger charge is -1.89. The lowest BCUT2D eigenvalue weighted by molar-refractivity contribution is -0.403. The minimum absolute atomic E-state index is 0.223. The van der Waals surface area contributed by atoms with Gasteiger partial charge in [-0.05, 0) is 23.9 Å². The maximum absolute atomic E-state index is 10.3. The molecule has 0 unspecified atom stereocenters. The Kier molecular flexibility index (Phi) is 2.83. The van der Waals surface area contributed by atoms with Crippen molar-refractivity contribution in [1.29, 1.82) is 0 Å². The van der Waals surface area contributed by atoms with E-state index < -0.39 is 21.6 Å². The van der Waals surface area contributed by atoms with Crippen LogP contribution in [0.15, 0.2) is 43.3 Å².